The zero-order chi connectivity index (χ0) is 18.2. The summed E-state index contributed by atoms with van der Waals surface area (Å²) in [4.78, 5) is 9.42. The highest BCUT2D eigenvalue weighted by atomic mass is 127. The lowest BCUT2D eigenvalue weighted by Gasteiger charge is -2.15. The largest absolute Gasteiger partial charge is 0.497 e. The fourth-order valence-electron chi connectivity index (χ4n) is 2.09. The molecule has 0 saturated heterocycles. The van der Waals surface area contributed by atoms with Gasteiger partial charge in [-0.2, -0.15) is 8.78 Å². The Kier molecular flexibility index (Phi) is 9.55. The van der Waals surface area contributed by atoms with Crippen LogP contribution in [0.3, 0.4) is 0 Å². The fourth-order valence-corrected chi connectivity index (χ4v) is 2.81. The van der Waals surface area contributed by atoms with E-state index in [4.69, 9.17) is 4.74 Å². The normalized spacial score (nSPS) is 11.1. The highest BCUT2D eigenvalue weighted by Gasteiger charge is 2.12. The van der Waals surface area contributed by atoms with Gasteiger partial charge in [0.1, 0.15) is 11.5 Å². The van der Waals surface area contributed by atoms with Gasteiger partial charge < -0.3 is 20.1 Å². The van der Waals surface area contributed by atoms with Crippen LogP contribution in [0, 0.1) is 6.92 Å². The first-order chi connectivity index (χ1) is 12.0. The average Bonchev–Trinajstić information content (AvgIpc) is 3.00. The number of guanidine groups is 1. The first-order valence-electron chi connectivity index (χ1n) is 7.48. The zero-order valence-corrected chi connectivity index (χ0v) is 17.7. The van der Waals surface area contributed by atoms with Crippen LogP contribution in [-0.2, 0) is 13.1 Å². The second kappa shape index (κ2) is 11.1. The van der Waals surface area contributed by atoms with Gasteiger partial charge in [0.15, 0.2) is 5.96 Å². The Balaban J connectivity index is 0.00000338. The molecule has 2 N–H and O–H groups in total. The second-order valence-electron chi connectivity index (χ2n) is 4.99. The van der Waals surface area contributed by atoms with Gasteiger partial charge in [-0.3, -0.25) is 4.99 Å². The second-order valence-corrected chi connectivity index (χ2v) is 5.93. The Labute approximate surface area is 172 Å². The van der Waals surface area contributed by atoms with E-state index in [0.29, 0.717) is 23.8 Å². The van der Waals surface area contributed by atoms with Gasteiger partial charge in [-0.15, -0.1) is 35.3 Å². The molecule has 0 aliphatic rings. The average molecular weight is 498 g/mol. The SMILES string of the molecule is CN=C(NCc1cc(OC)ccc1OC(F)F)NCc1scnc1C.I. The number of rotatable bonds is 7. The van der Waals surface area contributed by atoms with E-state index in [0.717, 1.165) is 10.6 Å². The Morgan fingerprint density at radius 1 is 1.31 bits per heavy atom. The topological polar surface area (TPSA) is 67.8 Å². The molecule has 0 aliphatic heterocycles. The van der Waals surface area contributed by atoms with Crippen molar-refractivity contribution in [2.24, 2.45) is 4.99 Å². The molecule has 0 radical (unpaired) electrons. The summed E-state index contributed by atoms with van der Waals surface area (Å²) in [5.41, 5.74) is 3.29. The molecule has 0 bridgehead atoms. The molecule has 0 spiro atoms. The summed E-state index contributed by atoms with van der Waals surface area (Å²) in [6, 6.07) is 4.67. The van der Waals surface area contributed by atoms with Crippen LogP contribution in [0.1, 0.15) is 16.1 Å². The minimum absolute atomic E-state index is 0. The number of thiazole rings is 1. The Bertz CT molecular complexity index is 728. The third-order valence-corrected chi connectivity index (χ3v) is 4.35. The Morgan fingerprint density at radius 3 is 2.62 bits per heavy atom. The number of alkyl halides is 2. The number of nitrogens with one attached hydrogen (secondary N) is 2. The van der Waals surface area contributed by atoms with Gasteiger partial charge in [0.25, 0.3) is 0 Å². The van der Waals surface area contributed by atoms with Gasteiger partial charge in [-0.1, -0.05) is 0 Å². The molecule has 0 atom stereocenters. The molecule has 1 aromatic heterocycles. The van der Waals surface area contributed by atoms with Gasteiger partial charge in [0, 0.05) is 24.0 Å². The van der Waals surface area contributed by atoms with Crippen LogP contribution in [-0.4, -0.2) is 31.7 Å². The summed E-state index contributed by atoms with van der Waals surface area (Å²) in [5, 5.41) is 6.24. The number of hydrogen-bond acceptors (Lipinski definition) is 5. The minimum atomic E-state index is -2.89. The lowest BCUT2D eigenvalue weighted by Crippen LogP contribution is -2.36. The van der Waals surface area contributed by atoms with Crippen molar-refractivity contribution in [1.82, 2.24) is 15.6 Å². The predicted molar refractivity (Wildman–Crippen MR) is 109 cm³/mol. The molecule has 6 nitrogen and oxygen atoms in total. The quantitative estimate of drug-likeness (QED) is 0.348. The Morgan fingerprint density at radius 2 is 2.04 bits per heavy atom. The predicted octanol–water partition coefficient (Wildman–Crippen LogP) is 3.54. The van der Waals surface area contributed by atoms with Gasteiger partial charge in [-0.05, 0) is 25.1 Å². The van der Waals surface area contributed by atoms with E-state index < -0.39 is 6.61 Å². The molecular formula is C16H21F2IN4O2S. The summed E-state index contributed by atoms with van der Waals surface area (Å²) < 4.78 is 34.8. The van der Waals surface area contributed by atoms with Crippen molar-refractivity contribution < 1.29 is 18.3 Å². The number of hydrogen-bond donors (Lipinski definition) is 2. The monoisotopic (exact) mass is 498 g/mol. The summed E-state index contributed by atoms with van der Waals surface area (Å²) in [6.45, 7) is -0.123. The van der Waals surface area contributed by atoms with E-state index >= 15 is 0 Å². The molecule has 144 valence electrons. The lowest BCUT2D eigenvalue weighted by molar-refractivity contribution is -0.0504. The fraction of sp³-hybridized carbons (Fsp3) is 0.375. The van der Waals surface area contributed by atoms with Crippen LogP contribution in [0.25, 0.3) is 0 Å². The van der Waals surface area contributed by atoms with Crippen LogP contribution in [0.5, 0.6) is 11.5 Å². The molecule has 0 aliphatic carbocycles. The van der Waals surface area contributed by atoms with Crippen molar-refractivity contribution in [2.45, 2.75) is 26.6 Å². The number of nitrogens with zero attached hydrogens (tertiary/aromatic N) is 2. The van der Waals surface area contributed by atoms with Crippen molar-refractivity contribution >= 4 is 41.3 Å². The molecule has 0 amide bonds. The molecule has 0 saturated carbocycles. The lowest BCUT2D eigenvalue weighted by atomic mass is 10.2. The van der Waals surface area contributed by atoms with Crippen molar-refractivity contribution in [3.05, 3.63) is 39.8 Å². The standard InChI is InChI=1S/C16H20F2N4O2S.HI/c1-10-14(25-9-22-10)8-21-16(19-2)20-7-11-6-12(23-3)4-5-13(11)24-15(17)18;/h4-6,9,15H,7-8H2,1-3H3,(H2,19,20,21);1H. The van der Waals surface area contributed by atoms with Gasteiger partial charge in [0.05, 0.1) is 24.9 Å². The molecule has 2 aromatic rings. The van der Waals surface area contributed by atoms with E-state index in [1.807, 2.05) is 6.92 Å². The molecule has 26 heavy (non-hydrogen) atoms. The number of ether oxygens (including phenoxy) is 2. The van der Waals surface area contributed by atoms with Crippen molar-refractivity contribution in [2.75, 3.05) is 14.2 Å². The summed E-state index contributed by atoms with van der Waals surface area (Å²) >= 11 is 1.55. The van der Waals surface area contributed by atoms with Gasteiger partial charge >= 0.3 is 6.61 Å². The van der Waals surface area contributed by atoms with Crippen LogP contribution in [0.2, 0.25) is 0 Å². The highest BCUT2D eigenvalue weighted by Crippen LogP contribution is 2.25. The Hall–Kier alpha value is -1.69. The first-order valence-corrected chi connectivity index (χ1v) is 8.36. The highest BCUT2D eigenvalue weighted by molar-refractivity contribution is 14.0. The molecular weight excluding hydrogens is 477 g/mol. The minimum Gasteiger partial charge on any atom is -0.497 e. The zero-order valence-electron chi connectivity index (χ0n) is 14.6. The first kappa shape index (κ1) is 22.4. The summed E-state index contributed by atoms with van der Waals surface area (Å²) in [6.07, 6.45) is 0. The maximum atomic E-state index is 12.5. The van der Waals surface area contributed by atoms with E-state index in [9.17, 15) is 8.78 Å². The van der Waals surface area contributed by atoms with Crippen LogP contribution in [0.4, 0.5) is 8.78 Å². The molecule has 10 heteroatoms. The summed E-state index contributed by atoms with van der Waals surface area (Å²) in [5.74, 6) is 1.19. The van der Waals surface area contributed by atoms with Crippen molar-refractivity contribution in [1.29, 1.82) is 0 Å². The van der Waals surface area contributed by atoms with Crippen molar-refractivity contribution in [3.8, 4) is 11.5 Å². The van der Waals surface area contributed by atoms with E-state index in [2.05, 4.69) is 25.3 Å². The van der Waals surface area contributed by atoms with E-state index in [-0.39, 0.29) is 36.3 Å². The number of halogens is 3. The van der Waals surface area contributed by atoms with E-state index in [1.165, 1.54) is 13.2 Å². The third-order valence-electron chi connectivity index (χ3n) is 3.41. The number of methoxy groups -OCH3 is 1. The smallest absolute Gasteiger partial charge is 0.387 e. The number of aromatic nitrogens is 1. The van der Waals surface area contributed by atoms with Crippen LogP contribution >= 0.6 is 35.3 Å². The van der Waals surface area contributed by atoms with Gasteiger partial charge in [-0.25, -0.2) is 4.98 Å². The number of aliphatic imine (C=N–C) groups is 1. The van der Waals surface area contributed by atoms with E-state index in [1.54, 1.807) is 36.0 Å². The molecule has 1 heterocycles. The molecule has 0 fully saturated rings. The molecule has 0 unspecified atom stereocenters. The van der Waals surface area contributed by atoms with Gasteiger partial charge in [0.2, 0.25) is 0 Å². The van der Waals surface area contributed by atoms with Crippen LogP contribution in [0.15, 0.2) is 28.7 Å². The summed E-state index contributed by atoms with van der Waals surface area (Å²) in [7, 11) is 3.15. The van der Waals surface area contributed by atoms with Crippen LogP contribution < -0.4 is 20.1 Å². The third kappa shape index (κ3) is 6.56. The maximum absolute atomic E-state index is 12.5. The number of aryl methyl sites for hydroxylation is 1. The molecule has 1 aromatic carbocycles. The molecule has 2 rings (SSSR count). The number of benzene rings is 1. The van der Waals surface area contributed by atoms with Crippen molar-refractivity contribution in [3.63, 3.8) is 0 Å². The maximum Gasteiger partial charge on any atom is 0.387 e.